The number of aryl methyl sites for hydroxylation is 1. The van der Waals surface area contributed by atoms with E-state index in [1.807, 2.05) is 0 Å². The summed E-state index contributed by atoms with van der Waals surface area (Å²) in [4.78, 5) is 19.5. The molecule has 1 heterocycles. The number of likely N-dealkylation sites (N-methyl/N-ethyl adjacent to an activating group) is 1. The maximum Gasteiger partial charge on any atom is 0.416 e. The summed E-state index contributed by atoms with van der Waals surface area (Å²) in [7, 11) is 0. The number of nitrogens with one attached hydrogen (secondary N) is 1. The lowest BCUT2D eigenvalue weighted by Gasteiger charge is -2.24. The Kier molecular flexibility index (Phi) is 7.00. The van der Waals surface area contributed by atoms with Crippen LogP contribution >= 0.6 is 11.3 Å². The van der Waals surface area contributed by atoms with E-state index in [1.54, 1.807) is 6.92 Å². The van der Waals surface area contributed by atoms with E-state index in [0.717, 1.165) is 25.2 Å². The zero-order valence-corrected chi connectivity index (χ0v) is 16.7. The van der Waals surface area contributed by atoms with Gasteiger partial charge in [0.2, 0.25) is 0 Å². The molecule has 0 radical (unpaired) electrons. The number of nitrogens with zero attached hydrogens (tertiary/aromatic N) is 2. The van der Waals surface area contributed by atoms with Crippen LogP contribution in [0.25, 0.3) is 10.6 Å². The minimum atomic E-state index is -4.37. The van der Waals surface area contributed by atoms with Gasteiger partial charge in [0.05, 0.1) is 11.3 Å². The first kappa shape index (κ1) is 21.4. The molecule has 4 nitrogen and oxygen atoms in total. The topological polar surface area (TPSA) is 45.2 Å². The number of alkyl halides is 3. The van der Waals surface area contributed by atoms with E-state index in [4.69, 9.17) is 0 Å². The molecule has 0 saturated carbocycles. The molecule has 1 aromatic carbocycles. The molecule has 148 valence electrons. The maximum absolute atomic E-state index is 12.7. The van der Waals surface area contributed by atoms with Crippen LogP contribution in [-0.2, 0) is 6.18 Å². The normalized spacial score (nSPS) is 12.0. The van der Waals surface area contributed by atoms with Gasteiger partial charge in [0, 0.05) is 24.7 Å². The van der Waals surface area contributed by atoms with Gasteiger partial charge in [0.15, 0.2) is 0 Å². The molecule has 0 fully saturated rings. The Morgan fingerprint density at radius 2 is 1.89 bits per heavy atom. The lowest BCUT2D eigenvalue weighted by Crippen LogP contribution is -2.38. The van der Waals surface area contributed by atoms with E-state index in [-0.39, 0.29) is 5.91 Å². The highest BCUT2D eigenvalue weighted by atomic mass is 32.1. The second kappa shape index (κ2) is 8.84. The van der Waals surface area contributed by atoms with Crippen molar-refractivity contribution in [3.63, 3.8) is 0 Å². The summed E-state index contributed by atoms with van der Waals surface area (Å²) in [6.45, 7) is 10.2. The van der Waals surface area contributed by atoms with Crippen LogP contribution in [0.2, 0.25) is 0 Å². The Bertz CT molecular complexity index is 769. The fourth-order valence-corrected chi connectivity index (χ4v) is 3.70. The van der Waals surface area contributed by atoms with Gasteiger partial charge >= 0.3 is 6.18 Å². The van der Waals surface area contributed by atoms with Crippen molar-refractivity contribution < 1.29 is 18.0 Å². The fourth-order valence-electron chi connectivity index (χ4n) is 2.71. The minimum absolute atomic E-state index is 0.206. The average molecular weight is 399 g/mol. The number of thiazole rings is 1. The summed E-state index contributed by atoms with van der Waals surface area (Å²) in [5.41, 5.74) is 0.429. The van der Waals surface area contributed by atoms with E-state index >= 15 is 0 Å². The van der Waals surface area contributed by atoms with Gasteiger partial charge in [-0.05, 0) is 39.4 Å². The monoisotopic (exact) mass is 399 g/mol. The van der Waals surface area contributed by atoms with Crippen molar-refractivity contribution in [1.82, 2.24) is 15.2 Å². The second-order valence-electron chi connectivity index (χ2n) is 6.49. The van der Waals surface area contributed by atoms with Crippen molar-refractivity contribution in [1.29, 1.82) is 0 Å². The van der Waals surface area contributed by atoms with Gasteiger partial charge < -0.3 is 5.32 Å². The van der Waals surface area contributed by atoms with Gasteiger partial charge in [-0.1, -0.05) is 19.1 Å². The molecule has 0 saturated heterocycles. The Hall–Kier alpha value is -1.93. The molecule has 0 aliphatic rings. The SMILES string of the molecule is CCN(CCNC(=O)c1sc(-c2ccc(C(F)(F)F)cc2)nc1C)C(C)C. The van der Waals surface area contributed by atoms with Gasteiger partial charge in [-0.3, -0.25) is 9.69 Å². The molecule has 1 amide bonds. The number of amides is 1. The van der Waals surface area contributed by atoms with Crippen LogP contribution in [-0.4, -0.2) is 41.5 Å². The molecular formula is C19H24F3N3OS. The third-order valence-electron chi connectivity index (χ3n) is 4.28. The van der Waals surface area contributed by atoms with Crippen LogP contribution in [0.3, 0.4) is 0 Å². The molecule has 0 atom stereocenters. The van der Waals surface area contributed by atoms with Crippen molar-refractivity contribution in [3.8, 4) is 10.6 Å². The van der Waals surface area contributed by atoms with Crippen molar-refractivity contribution >= 4 is 17.2 Å². The summed E-state index contributed by atoms with van der Waals surface area (Å²) in [6.07, 6.45) is -4.37. The summed E-state index contributed by atoms with van der Waals surface area (Å²) in [6, 6.07) is 5.21. The van der Waals surface area contributed by atoms with Gasteiger partial charge in [-0.2, -0.15) is 13.2 Å². The Balaban J connectivity index is 2.06. The van der Waals surface area contributed by atoms with Crippen LogP contribution in [0.4, 0.5) is 13.2 Å². The zero-order valence-electron chi connectivity index (χ0n) is 15.9. The molecule has 0 aliphatic carbocycles. The lowest BCUT2D eigenvalue weighted by molar-refractivity contribution is -0.137. The first-order valence-electron chi connectivity index (χ1n) is 8.80. The Morgan fingerprint density at radius 1 is 1.26 bits per heavy atom. The third-order valence-corrected chi connectivity index (χ3v) is 5.49. The Morgan fingerprint density at radius 3 is 2.41 bits per heavy atom. The number of hydrogen-bond donors (Lipinski definition) is 1. The molecule has 1 N–H and O–H groups in total. The minimum Gasteiger partial charge on any atom is -0.350 e. The van der Waals surface area contributed by atoms with Crippen LogP contribution in [0.5, 0.6) is 0 Å². The largest absolute Gasteiger partial charge is 0.416 e. The molecule has 0 aliphatic heterocycles. The average Bonchev–Trinajstić information content (AvgIpc) is 2.99. The van der Waals surface area contributed by atoms with E-state index in [9.17, 15) is 18.0 Å². The van der Waals surface area contributed by atoms with E-state index in [1.165, 1.54) is 23.5 Å². The van der Waals surface area contributed by atoms with Gasteiger partial charge in [-0.25, -0.2) is 4.98 Å². The standard InChI is InChI=1S/C19H24F3N3OS/c1-5-25(12(2)3)11-10-23-17(26)16-13(4)24-18(27-16)14-6-8-15(9-7-14)19(20,21)22/h6-9,12H,5,10-11H2,1-4H3,(H,23,26). The van der Waals surface area contributed by atoms with Crippen LogP contribution in [0.15, 0.2) is 24.3 Å². The highest BCUT2D eigenvalue weighted by Crippen LogP contribution is 2.32. The van der Waals surface area contributed by atoms with E-state index in [2.05, 4.69) is 36.0 Å². The van der Waals surface area contributed by atoms with Crippen molar-refractivity contribution in [2.75, 3.05) is 19.6 Å². The highest BCUT2D eigenvalue weighted by Gasteiger charge is 2.30. The maximum atomic E-state index is 12.7. The van der Waals surface area contributed by atoms with Crippen LogP contribution < -0.4 is 5.32 Å². The number of carbonyl (C=O) groups excluding carboxylic acids is 1. The molecule has 0 spiro atoms. The summed E-state index contributed by atoms with van der Waals surface area (Å²) >= 11 is 1.19. The number of benzene rings is 1. The smallest absolute Gasteiger partial charge is 0.350 e. The van der Waals surface area contributed by atoms with E-state index in [0.29, 0.717) is 33.7 Å². The fraction of sp³-hybridized carbons (Fsp3) is 0.474. The van der Waals surface area contributed by atoms with E-state index < -0.39 is 11.7 Å². The number of aromatic nitrogens is 1. The number of carbonyl (C=O) groups is 1. The first-order chi connectivity index (χ1) is 12.6. The molecule has 8 heteroatoms. The van der Waals surface area contributed by atoms with Crippen LogP contribution in [0.1, 0.15) is 41.7 Å². The number of rotatable bonds is 7. The molecule has 2 aromatic rings. The molecule has 1 aromatic heterocycles. The zero-order chi connectivity index (χ0) is 20.2. The summed E-state index contributed by atoms with van der Waals surface area (Å²) in [5, 5.41) is 3.43. The molecule has 0 bridgehead atoms. The molecule has 0 unspecified atom stereocenters. The van der Waals surface area contributed by atoms with Gasteiger partial charge in [-0.15, -0.1) is 11.3 Å². The number of hydrogen-bond acceptors (Lipinski definition) is 4. The third kappa shape index (κ3) is 5.52. The molecule has 2 rings (SSSR count). The predicted octanol–water partition coefficient (Wildman–Crippen LogP) is 4.60. The Labute approximate surface area is 161 Å². The highest BCUT2D eigenvalue weighted by molar-refractivity contribution is 7.17. The molecule has 27 heavy (non-hydrogen) atoms. The van der Waals surface area contributed by atoms with Crippen molar-refractivity contribution in [2.45, 2.75) is 39.9 Å². The number of halogens is 3. The lowest BCUT2D eigenvalue weighted by atomic mass is 10.1. The van der Waals surface area contributed by atoms with Gasteiger partial charge in [0.25, 0.3) is 5.91 Å². The predicted molar refractivity (Wildman–Crippen MR) is 102 cm³/mol. The first-order valence-corrected chi connectivity index (χ1v) is 9.62. The van der Waals surface area contributed by atoms with Gasteiger partial charge in [0.1, 0.15) is 9.88 Å². The summed E-state index contributed by atoms with van der Waals surface area (Å²) in [5.74, 6) is -0.206. The molecular weight excluding hydrogens is 375 g/mol. The second-order valence-corrected chi connectivity index (χ2v) is 7.49. The van der Waals surface area contributed by atoms with Crippen LogP contribution in [0, 0.1) is 6.92 Å². The van der Waals surface area contributed by atoms with Crippen molar-refractivity contribution in [2.24, 2.45) is 0 Å². The quantitative estimate of drug-likeness (QED) is 0.740. The van der Waals surface area contributed by atoms with Crippen molar-refractivity contribution in [3.05, 3.63) is 40.4 Å². The summed E-state index contributed by atoms with van der Waals surface area (Å²) < 4.78 is 38.0.